The van der Waals surface area contributed by atoms with E-state index in [1.165, 1.54) is 12.1 Å². The molecule has 0 fully saturated rings. The first-order chi connectivity index (χ1) is 6.67. The van der Waals surface area contributed by atoms with Crippen LogP contribution in [0.25, 0.3) is 0 Å². The maximum absolute atomic E-state index is 9.47. The van der Waals surface area contributed by atoms with Gasteiger partial charge in [0.25, 0.3) is 0 Å². The highest BCUT2D eigenvalue weighted by molar-refractivity contribution is 5.40. The van der Waals surface area contributed by atoms with Gasteiger partial charge in [0.15, 0.2) is 0 Å². The Morgan fingerprint density at radius 2 is 2.14 bits per heavy atom. The summed E-state index contributed by atoms with van der Waals surface area (Å²) in [5, 5.41) is 18.5. The van der Waals surface area contributed by atoms with Crippen LogP contribution in [0.2, 0.25) is 0 Å². The zero-order valence-corrected chi connectivity index (χ0v) is 7.83. The van der Waals surface area contributed by atoms with Gasteiger partial charge in [-0.25, -0.2) is 0 Å². The van der Waals surface area contributed by atoms with Crippen LogP contribution >= 0.6 is 0 Å². The number of nitrogens with two attached hydrogens (primary N) is 1. The minimum Gasteiger partial charge on any atom is -0.508 e. The van der Waals surface area contributed by atoms with E-state index in [1.807, 2.05) is 0 Å². The van der Waals surface area contributed by atoms with Gasteiger partial charge in [0.1, 0.15) is 11.5 Å². The molecule has 3 nitrogen and oxygen atoms in total. The minimum absolute atomic E-state index is 0.0446. The molecule has 0 bridgehead atoms. The Morgan fingerprint density at radius 3 is 2.64 bits per heavy atom. The molecule has 14 heavy (non-hydrogen) atoms. The Balaban J connectivity index is 2.92. The maximum atomic E-state index is 9.47. The summed E-state index contributed by atoms with van der Waals surface area (Å²) in [5.74, 6) is 0.106. The normalized spacial score (nSPS) is 9.50. The fourth-order valence-electron chi connectivity index (χ4n) is 1.14. The quantitative estimate of drug-likeness (QED) is 0.631. The molecule has 1 rings (SSSR count). The van der Waals surface area contributed by atoms with Crippen molar-refractivity contribution in [3.05, 3.63) is 41.6 Å². The lowest BCUT2D eigenvalue weighted by atomic mass is 10.0. The molecule has 1 aromatic rings. The average molecular weight is 191 g/mol. The Labute approximate surface area is 82.8 Å². The van der Waals surface area contributed by atoms with Gasteiger partial charge in [0, 0.05) is 19.0 Å². The lowest BCUT2D eigenvalue weighted by Crippen LogP contribution is -2.04. The molecule has 0 amide bonds. The minimum atomic E-state index is 0.0446. The molecule has 0 saturated carbocycles. The molecule has 1 aromatic carbocycles. The van der Waals surface area contributed by atoms with Crippen molar-refractivity contribution in [2.24, 2.45) is 5.73 Å². The van der Waals surface area contributed by atoms with E-state index in [4.69, 9.17) is 10.8 Å². The average Bonchev–Trinajstić information content (AvgIpc) is 2.17. The van der Waals surface area contributed by atoms with Gasteiger partial charge in [-0.2, -0.15) is 0 Å². The van der Waals surface area contributed by atoms with E-state index in [2.05, 4.69) is 12.3 Å². The molecule has 0 aliphatic heterocycles. The summed E-state index contributed by atoms with van der Waals surface area (Å²) in [7, 11) is 0. The van der Waals surface area contributed by atoms with Crippen molar-refractivity contribution in [2.45, 2.75) is 6.42 Å². The van der Waals surface area contributed by atoms with E-state index >= 15 is 0 Å². The molecule has 0 radical (unpaired) electrons. The van der Waals surface area contributed by atoms with E-state index in [-0.39, 0.29) is 11.5 Å². The third-order valence-electron chi connectivity index (χ3n) is 1.97. The van der Waals surface area contributed by atoms with E-state index in [0.29, 0.717) is 18.5 Å². The first-order valence-corrected chi connectivity index (χ1v) is 4.26. The molecule has 0 aromatic heterocycles. The van der Waals surface area contributed by atoms with Crippen molar-refractivity contribution < 1.29 is 10.2 Å². The molecule has 0 saturated heterocycles. The number of rotatable bonds is 3. The number of phenols is 2. The SMILES string of the molecule is C=C=C(CN)Cc1ccc(O)cc1O. The Bertz CT molecular complexity index is 379. The van der Waals surface area contributed by atoms with Gasteiger partial charge in [-0.1, -0.05) is 12.6 Å². The van der Waals surface area contributed by atoms with Crippen LogP contribution in [0.5, 0.6) is 11.5 Å². The number of benzene rings is 1. The van der Waals surface area contributed by atoms with Gasteiger partial charge in [-0.05, 0) is 17.2 Å². The van der Waals surface area contributed by atoms with Gasteiger partial charge in [-0.15, -0.1) is 5.73 Å². The highest BCUT2D eigenvalue weighted by atomic mass is 16.3. The highest BCUT2D eigenvalue weighted by Gasteiger charge is 2.03. The van der Waals surface area contributed by atoms with Crippen molar-refractivity contribution in [1.29, 1.82) is 0 Å². The van der Waals surface area contributed by atoms with Gasteiger partial charge >= 0.3 is 0 Å². The van der Waals surface area contributed by atoms with Crippen LogP contribution in [-0.2, 0) is 6.42 Å². The number of hydrogen-bond acceptors (Lipinski definition) is 3. The summed E-state index contributed by atoms with van der Waals surface area (Å²) in [6.45, 7) is 3.87. The van der Waals surface area contributed by atoms with E-state index in [0.717, 1.165) is 5.57 Å². The third-order valence-corrected chi connectivity index (χ3v) is 1.97. The summed E-state index contributed by atoms with van der Waals surface area (Å²) in [5.41, 5.74) is 9.68. The Morgan fingerprint density at radius 1 is 1.43 bits per heavy atom. The third kappa shape index (κ3) is 2.39. The smallest absolute Gasteiger partial charge is 0.122 e. The van der Waals surface area contributed by atoms with Crippen molar-refractivity contribution in [3.63, 3.8) is 0 Å². The molecule has 0 aliphatic carbocycles. The predicted octanol–water partition coefficient (Wildman–Crippen LogP) is 1.31. The van der Waals surface area contributed by atoms with Crippen LogP contribution in [0.4, 0.5) is 0 Å². The largest absolute Gasteiger partial charge is 0.508 e. The molecule has 0 aliphatic rings. The summed E-state index contributed by atoms with van der Waals surface area (Å²) in [6, 6.07) is 4.47. The van der Waals surface area contributed by atoms with Crippen molar-refractivity contribution in [3.8, 4) is 11.5 Å². The zero-order chi connectivity index (χ0) is 10.6. The molecule has 0 heterocycles. The molecule has 0 spiro atoms. The van der Waals surface area contributed by atoms with Gasteiger partial charge in [0.05, 0.1) is 0 Å². The molecule has 0 atom stereocenters. The first-order valence-electron chi connectivity index (χ1n) is 4.26. The molecule has 4 N–H and O–H groups in total. The fraction of sp³-hybridized carbons (Fsp3) is 0.182. The Kier molecular flexibility index (Phi) is 3.35. The molecular weight excluding hydrogens is 178 g/mol. The number of phenolic OH excluding ortho intramolecular Hbond substituents is 2. The fourth-order valence-corrected chi connectivity index (χ4v) is 1.14. The highest BCUT2D eigenvalue weighted by Crippen LogP contribution is 2.24. The van der Waals surface area contributed by atoms with Crippen LogP contribution < -0.4 is 5.73 Å². The Hall–Kier alpha value is -1.70. The zero-order valence-electron chi connectivity index (χ0n) is 7.83. The molecular formula is C11H13NO2. The lowest BCUT2D eigenvalue weighted by molar-refractivity contribution is 0.446. The first kappa shape index (κ1) is 10.4. The van der Waals surface area contributed by atoms with Crippen molar-refractivity contribution in [1.82, 2.24) is 0 Å². The summed E-state index contributed by atoms with van der Waals surface area (Å²) in [6.07, 6.45) is 0.506. The maximum Gasteiger partial charge on any atom is 0.122 e. The van der Waals surface area contributed by atoms with Gasteiger partial charge < -0.3 is 15.9 Å². The van der Waals surface area contributed by atoms with Crippen LogP contribution in [0.3, 0.4) is 0 Å². The molecule has 0 unspecified atom stereocenters. The number of aromatic hydroxyl groups is 2. The van der Waals surface area contributed by atoms with Crippen LogP contribution in [-0.4, -0.2) is 16.8 Å². The monoisotopic (exact) mass is 191 g/mol. The predicted molar refractivity (Wildman–Crippen MR) is 55.2 cm³/mol. The second kappa shape index (κ2) is 4.51. The van der Waals surface area contributed by atoms with Gasteiger partial charge in [-0.3, -0.25) is 0 Å². The summed E-state index contributed by atoms with van der Waals surface area (Å²) >= 11 is 0. The second-order valence-corrected chi connectivity index (χ2v) is 2.97. The van der Waals surface area contributed by atoms with E-state index in [1.54, 1.807) is 6.07 Å². The van der Waals surface area contributed by atoms with E-state index < -0.39 is 0 Å². The van der Waals surface area contributed by atoms with Gasteiger partial charge in [0.2, 0.25) is 0 Å². The molecule has 3 heteroatoms. The van der Waals surface area contributed by atoms with Crippen LogP contribution in [0.15, 0.2) is 36.1 Å². The number of hydrogen-bond donors (Lipinski definition) is 3. The second-order valence-electron chi connectivity index (χ2n) is 2.97. The summed E-state index contributed by atoms with van der Waals surface area (Å²) in [4.78, 5) is 0. The van der Waals surface area contributed by atoms with Crippen molar-refractivity contribution in [2.75, 3.05) is 6.54 Å². The van der Waals surface area contributed by atoms with Crippen molar-refractivity contribution >= 4 is 0 Å². The standard InChI is InChI=1S/C11H13NO2/c1-2-8(7-12)5-9-3-4-10(13)6-11(9)14/h3-4,6,13-14H,1,5,7,12H2. The van der Waals surface area contributed by atoms with Crippen LogP contribution in [0, 0.1) is 0 Å². The summed E-state index contributed by atoms with van der Waals surface area (Å²) < 4.78 is 0. The van der Waals surface area contributed by atoms with Crippen LogP contribution in [0.1, 0.15) is 5.56 Å². The van der Waals surface area contributed by atoms with E-state index in [9.17, 15) is 5.11 Å². The lowest BCUT2D eigenvalue weighted by Gasteiger charge is -2.05. The molecule has 74 valence electrons. The topological polar surface area (TPSA) is 66.5 Å².